The minimum atomic E-state index is -0.217. The molecule has 3 rings (SSSR count). The number of aromatic nitrogens is 1. The van der Waals surface area contributed by atoms with Gasteiger partial charge in [-0.1, -0.05) is 6.42 Å². The third kappa shape index (κ3) is 2.18. The van der Waals surface area contributed by atoms with Crippen molar-refractivity contribution in [3.63, 3.8) is 0 Å². The van der Waals surface area contributed by atoms with Gasteiger partial charge in [0, 0.05) is 30.9 Å². The molecule has 1 saturated carbocycles. The number of carbonyl (C=O) groups excluding carboxylic acids is 1. The first-order chi connectivity index (χ1) is 9.18. The molecule has 104 valence electrons. The fourth-order valence-corrected chi connectivity index (χ4v) is 3.73. The van der Waals surface area contributed by atoms with E-state index in [4.69, 9.17) is 0 Å². The van der Waals surface area contributed by atoms with E-state index in [0.29, 0.717) is 0 Å². The number of rotatable bonds is 2. The Labute approximate surface area is 113 Å². The molecule has 2 heterocycles. The number of nitrogens with zero attached hydrogens (tertiary/aromatic N) is 1. The molecule has 0 bridgehead atoms. The number of aryl methyl sites for hydroxylation is 1. The predicted molar refractivity (Wildman–Crippen MR) is 72.9 cm³/mol. The lowest BCUT2D eigenvalue weighted by molar-refractivity contribution is 0.0527. The number of aliphatic hydroxyl groups is 1. The van der Waals surface area contributed by atoms with Crippen molar-refractivity contribution < 1.29 is 9.90 Å². The zero-order valence-electron chi connectivity index (χ0n) is 11.4. The van der Waals surface area contributed by atoms with E-state index in [-0.39, 0.29) is 24.0 Å². The second-order valence-corrected chi connectivity index (χ2v) is 5.92. The monoisotopic (exact) mass is 262 g/mol. The third-order valence-electron chi connectivity index (χ3n) is 4.77. The van der Waals surface area contributed by atoms with Crippen molar-refractivity contribution in [2.45, 2.75) is 51.2 Å². The summed E-state index contributed by atoms with van der Waals surface area (Å²) in [4.78, 5) is 17.6. The van der Waals surface area contributed by atoms with Gasteiger partial charge >= 0.3 is 0 Å². The molecule has 2 fully saturated rings. The number of H-pyrrole nitrogens is 1. The molecular weight excluding hydrogens is 240 g/mol. The van der Waals surface area contributed by atoms with Gasteiger partial charge in [-0.3, -0.25) is 4.79 Å². The minimum absolute atomic E-state index is 0.125. The zero-order chi connectivity index (χ0) is 13.4. The summed E-state index contributed by atoms with van der Waals surface area (Å²) in [5.41, 5.74) is 1.78. The summed E-state index contributed by atoms with van der Waals surface area (Å²) >= 11 is 0. The second kappa shape index (κ2) is 5.00. The number of hydrogen-bond donors (Lipinski definition) is 2. The molecule has 3 unspecified atom stereocenters. The Morgan fingerprint density at radius 1 is 1.32 bits per heavy atom. The van der Waals surface area contributed by atoms with E-state index in [2.05, 4.69) is 4.98 Å². The first-order valence-corrected chi connectivity index (χ1v) is 7.31. The number of likely N-dealkylation sites (tertiary alicyclic amines) is 1. The first-order valence-electron chi connectivity index (χ1n) is 7.31. The van der Waals surface area contributed by atoms with Crippen molar-refractivity contribution in [3.8, 4) is 0 Å². The summed E-state index contributed by atoms with van der Waals surface area (Å²) in [6.45, 7) is 2.79. The van der Waals surface area contributed by atoms with Crippen LogP contribution >= 0.6 is 0 Å². The molecule has 4 nitrogen and oxygen atoms in total. The normalized spacial score (nSPS) is 31.1. The van der Waals surface area contributed by atoms with Gasteiger partial charge in [-0.25, -0.2) is 0 Å². The maximum atomic E-state index is 12.6. The maximum absolute atomic E-state index is 12.6. The van der Waals surface area contributed by atoms with Crippen LogP contribution in [-0.4, -0.2) is 39.6 Å². The van der Waals surface area contributed by atoms with Crippen molar-refractivity contribution in [2.24, 2.45) is 5.92 Å². The van der Waals surface area contributed by atoms with Crippen molar-refractivity contribution >= 4 is 5.91 Å². The number of nitrogens with one attached hydrogen (secondary N) is 1. The predicted octanol–water partition coefficient (Wildman–Crippen LogP) is 2.09. The van der Waals surface area contributed by atoms with Gasteiger partial charge < -0.3 is 15.0 Å². The van der Waals surface area contributed by atoms with Gasteiger partial charge in [0.15, 0.2) is 0 Å². The third-order valence-corrected chi connectivity index (χ3v) is 4.77. The van der Waals surface area contributed by atoms with E-state index in [1.807, 2.05) is 18.0 Å². The summed E-state index contributed by atoms with van der Waals surface area (Å²) in [7, 11) is 0. The largest absolute Gasteiger partial charge is 0.393 e. The van der Waals surface area contributed by atoms with Crippen molar-refractivity contribution in [1.82, 2.24) is 9.88 Å². The van der Waals surface area contributed by atoms with E-state index < -0.39 is 0 Å². The highest BCUT2D eigenvalue weighted by molar-refractivity contribution is 5.95. The van der Waals surface area contributed by atoms with Gasteiger partial charge in [-0.05, 0) is 38.2 Å². The molecular formula is C15H22N2O2. The Bertz CT molecular complexity index is 468. The Morgan fingerprint density at radius 3 is 2.79 bits per heavy atom. The topological polar surface area (TPSA) is 56.3 Å². The van der Waals surface area contributed by atoms with Crippen LogP contribution in [0.4, 0.5) is 0 Å². The highest BCUT2D eigenvalue weighted by Gasteiger charge is 2.40. The van der Waals surface area contributed by atoms with Gasteiger partial charge in [0.2, 0.25) is 0 Å². The van der Waals surface area contributed by atoms with Crippen LogP contribution in [0.5, 0.6) is 0 Å². The van der Waals surface area contributed by atoms with E-state index in [1.54, 1.807) is 6.20 Å². The number of carbonyl (C=O) groups is 1. The molecule has 1 aliphatic carbocycles. The van der Waals surface area contributed by atoms with Crippen molar-refractivity contribution in [2.75, 3.05) is 6.54 Å². The molecule has 2 aliphatic rings. The zero-order valence-corrected chi connectivity index (χ0v) is 11.4. The highest BCUT2D eigenvalue weighted by atomic mass is 16.3. The molecule has 3 atom stereocenters. The van der Waals surface area contributed by atoms with Gasteiger partial charge in [0.05, 0.1) is 11.7 Å². The molecule has 0 radical (unpaired) electrons. The molecule has 0 spiro atoms. The Morgan fingerprint density at radius 2 is 2.16 bits per heavy atom. The van der Waals surface area contributed by atoms with Crippen LogP contribution in [0, 0.1) is 12.8 Å². The van der Waals surface area contributed by atoms with E-state index in [1.165, 1.54) is 0 Å². The molecule has 19 heavy (non-hydrogen) atoms. The molecule has 1 aliphatic heterocycles. The Balaban J connectivity index is 1.80. The van der Waals surface area contributed by atoms with E-state index in [0.717, 1.165) is 49.8 Å². The fraction of sp³-hybridized carbons (Fsp3) is 0.667. The lowest BCUT2D eigenvalue weighted by Gasteiger charge is -2.31. The van der Waals surface area contributed by atoms with Gasteiger partial charge in [-0.2, -0.15) is 0 Å². The highest BCUT2D eigenvalue weighted by Crippen LogP contribution is 2.36. The number of aliphatic hydroxyl groups excluding tert-OH is 1. The molecule has 4 heteroatoms. The minimum Gasteiger partial charge on any atom is -0.393 e. The second-order valence-electron chi connectivity index (χ2n) is 5.92. The smallest absolute Gasteiger partial charge is 0.255 e. The number of aromatic amines is 1. The quantitative estimate of drug-likeness (QED) is 0.857. The summed E-state index contributed by atoms with van der Waals surface area (Å²) in [6.07, 6.45) is 8.58. The summed E-state index contributed by atoms with van der Waals surface area (Å²) < 4.78 is 0. The lowest BCUT2D eigenvalue weighted by atomic mass is 9.93. The van der Waals surface area contributed by atoms with Crippen LogP contribution in [0.15, 0.2) is 12.4 Å². The summed E-state index contributed by atoms with van der Waals surface area (Å²) in [5, 5.41) is 10.1. The Kier molecular flexibility index (Phi) is 3.35. The maximum Gasteiger partial charge on any atom is 0.255 e. The molecule has 1 aromatic rings. The molecule has 1 aromatic heterocycles. The standard InChI is InChI=1S/C15H22N2O2/c1-10-8-16-9-12(10)15(19)17-7-3-5-13(17)11-4-2-6-14(11)18/h8-9,11,13-14,16,18H,2-7H2,1H3. The molecule has 1 amide bonds. The summed E-state index contributed by atoms with van der Waals surface area (Å²) in [6, 6.07) is 0.235. The van der Waals surface area contributed by atoms with E-state index >= 15 is 0 Å². The molecule has 2 N–H and O–H groups in total. The van der Waals surface area contributed by atoms with Crippen LogP contribution < -0.4 is 0 Å². The van der Waals surface area contributed by atoms with Crippen molar-refractivity contribution in [3.05, 3.63) is 23.5 Å². The number of hydrogen-bond acceptors (Lipinski definition) is 2. The lowest BCUT2D eigenvalue weighted by Crippen LogP contribution is -2.42. The van der Waals surface area contributed by atoms with Gasteiger partial charge in [0.25, 0.3) is 5.91 Å². The average molecular weight is 262 g/mol. The van der Waals surface area contributed by atoms with Crippen molar-refractivity contribution in [1.29, 1.82) is 0 Å². The summed E-state index contributed by atoms with van der Waals surface area (Å²) in [5.74, 6) is 0.408. The molecule has 0 aromatic carbocycles. The molecule has 1 saturated heterocycles. The van der Waals surface area contributed by atoms with Crippen LogP contribution in [-0.2, 0) is 0 Å². The van der Waals surface area contributed by atoms with Crippen LogP contribution in [0.25, 0.3) is 0 Å². The number of amides is 1. The van der Waals surface area contributed by atoms with Crippen LogP contribution in [0.1, 0.15) is 48.0 Å². The van der Waals surface area contributed by atoms with Crippen LogP contribution in [0.2, 0.25) is 0 Å². The fourth-order valence-electron chi connectivity index (χ4n) is 3.73. The van der Waals surface area contributed by atoms with E-state index in [9.17, 15) is 9.90 Å². The average Bonchev–Trinajstić information content (AvgIpc) is 3.07. The first kappa shape index (κ1) is 12.7. The van der Waals surface area contributed by atoms with Crippen LogP contribution in [0.3, 0.4) is 0 Å². The SMILES string of the molecule is Cc1c[nH]cc1C(=O)N1CCCC1C1CCCC1O. The Hall–Kier alpha value is -1.29. The van der Waals surface area contributed by atoms with Gasteiger partial charge in [0.1, 0.15) is 0 Å². The van der Waals surface area contributed by atoms with Gasteiger partial charge in [-0.15, -0.1) is 0 Å².